The van der Waals surface area contributed by atoms with Crippen LogP contribution in [0.3, 0.4) is 0 Å². The van der Waals surface area contributed by atoms with E-state index < -0.39 is 18.2 Å². The molecule has 166 valence electrons. The summed E-state index contributed by atoms with van der Waals surface area (Å²) in [6.45, 7) is 5.82. The quantitative estimate of drug-likeness (QED) is 0.768. The smallest absolute Gasteiger partial charge is 0.190 e. The van der Waals surface area contributed by atoms with Crippen LogP contribution in [0, 0.1) is 0 Å². The zero-order chi connectivity index (χ0) is 21.4. The Morgan fingerprint density at radius 2 is 1.65 bits per heavy atom. The van der Waals surface area contributed by atoms with Gasteiger partial charge in [0.25, 0.3) is 0 Å². The molecule has 6 heteroatoms. The van der Waals surface area contributed by atoms with Gasteiger partial charge in [-0.2, -0.15) is 0 Å². The van der Waals surface area contributed by atoms with Crippen molar-refractivity contribution in [3.8, 4) is 0 Å². The number of hydrogen-bond donors (Lipinski definition) is 1. The second-order valence-corrected chi connectivity index (χ2v) is 9.13. The Morgan fingerprint density at radius 1 is 0.968 bits per heavy atom. The zero-order valence-corrected chi connectivity index (χ0v) is 18.1. The molecule has 3 saturated heterocycles. The van der Waals surface area contributed by atoms with Crippen LogP contribution < -0.4 is 0 Å². The lowest BCUT2D eigenvalue weighted by Gasteiger charge is -2.35. The maximum Gasteiger partial charge on any atom is 0.190 e. The van der Waals surface area contributed by atoms with Crippen LogP contribution in [0.2, 0.25) is 0 Å². The first-order valence-electron chi connectivity index (χ1n) is 11.1. The first kappa shape index (κ1) is 21.1. The van der Waals surface area contributed by atoms with Gasteiger partial charge in [-0.25, -0.2) is 0 Å². The summed E-state index contributed by atoms with van der Waals surface area (Å²) in [6.07, 6.45) is -1.25. The molecule has 2 aromatic rings. The van der Waals surface area contributed by atoms with Crippen molar-refractivity contribution in [2.45, 2.75) is 76.0 Å². The summed E-state index contributed by atoms with van der Waals surface area (Å²) >= 11 is 0. The number of aliphatic hydroxyl groups is 1. The van der Waals surface area contributed by atoms with Gasteiger partial charge in [0.1, 0.15) is 18.3 Å². The summed E-state index contributed by atoms with van der Waals surface area (Å²) in [5.74, 6) is -0.716. The Labute approximate surface area is 183 Å². The van der Waals surface area contributed by atoms with Gasteiger partial charge >= 0.3 is 0 Å². The Balaban J connectivity index is 1.37. The molecule has 0 radical (unpaired) electrons. The fourth-order valence-electron chi connectivity index (χ4n) is 5.03. The summed E-state index contributed by atoms with van der Waals surface area (Å²) in [6, 6.07) is 20.3. The number of benzene rings is 2. The first-order valence-corrected chi connectivity index (χ1v) is 11.1. The molecule has 1 N–H and O–H groups in total. The first-order chi connectivity index (χ1) is 15.0. The fraction of sp³-hybridized carbons (Fsp3) is 0.520. The number of hydrogen-bond acceptors (Lipinski definition) is 6. The minimum atomic E-state index is -0.716. The molecule has 3 heterocycles. The van der Waals surface area contributed by atoms with Crippen molar-refractivity contribution in [2.75, 3.05) is 6.54 Å². The maximum absolute atomic E-state index is 10.9. The number of nitrogens with zero attached hydrogens (tertiary/aromatic N) is 1. The van der Waals surface area contributed by atoms with E-state index in [-0.39, 0.29) is 24.4 Å². The summed E-state index contributed by atoms with van der Waals surface area (Å²) in [4.78, 5) is 2.30. The molecule has 0 bridgehead atoms. The van der Waals surface area contributed by atoms with Crippen molar-refractivity contribution in [2.24, 2.45) is 0 Å². The van der Waals surface area contributed by atoms with Gasteiger partial charge in [0.05, 0.1) is 18.8 Å². The minimum absolute atomic E-state index is 0.179. The molecule has 3 aliphatic heterocycles. The van der Waals surface area contributed by atoms with E-state index in [4.69, 9.17) is 18.9 Å². The number of fused-ring (bicyclic) bond motifs is 1. The summed E-state index contributed by atoms with van der Waals surface area (Å²) in [5.41, 5.74) is 2.31. The van der Waals surface area contributed by atoms with E-state index in [9.17, 15) is 5.11 Å². The van der Waals surface area contributed by atoms with Gasteiger partial charge in [-0.15, -0.1) is 0 Å². The molecule has 0 aromatic heterocycles. The Kier molecular flexibility index (Phi) is 5.86. The van der Waals surface area contributed by atoms with Crippen molar-refractivity contribution in [3.05, 3.63) is 71.8 Å². The van der Waals surface area contributed by atoms with Crippen molar-refractivity contribution >= 4 is 0 Å². The fourth-order valence-corrected chi connectivity index (χ4v) is 5.03. The maximum atomic E-state index is 10.9. The van der Waals surface area contributed by atoms with Gasteiger partial charge in [0, 0.05) is 13.1 Å². The largest absolute Gasteiger partial charge is 0.391 e. The molecule has 2 aromatic carbocycles. The minimum Gasteiger partial charge on any atom is -0.391 e. The molecule has 31 heavy (non-hydrogen) atoms. The van der Waals surface area contributed by atoms with E-state index in [1.54, 1.807) is 0 Å². The van der Waals surface area contributed by atoms with Crippen LogP contribution in [-0.2, 0) is 32.1 Å². The van der Waals surface area contributed by atoms with Gasteiger partial charge in [-0.05, 0) is 31.4 Å². The molecular formula is C25H31NO5. The molecule has 6 nitrogen and oxygen atoms in total. The third-order valence-corrected chi connectivity index (χ3v) is 6.41. The Morgan fingerprint density at radius 3 is 2.35 bits per heavy atom. The summed E-state index contributed by atoms with van der Waals surface area (Å²) < 4.78 is 25.0. The normalized spacial score (nSPS) is 34.8. The SMILES string of the molecule is CC1(C)O[C@H]2O[C@H]([C@H]3[C@@H](O)CCN3Cc3ccccc3)[C@H](OCc3ccccc3)[C@H]2O1. The summed E-state index contributed by atoms with van der Waals surface area (Å²) in [5, 5.41) is 10.9. The standard InChI is InChI=1S/C25H31NO5/c1-25(2)30-23-22(28-16-18-11-7-4-8-12-18)21(29-24(23)31-25)20-19(27)13-14-26(20)15-17-9-5-3-6-10-17/h3-12,19-24,27H,13-16H2,1-2H3/t19-,20+,21+,22-,23+,24+/m0/s1. The van der Waals surface area contributed by atoms with Crippen LogP contribution in [0.25, 0.3) is 0 Å². The van der Waals surface area contributed by atoms with E-state index in [0.29, 0.717) is 13.0 Å². The van der Waals surface area contributed by atoms with Crippen LogP contribution in [-0.4, -0.2) is 59.1 Å². The third-order valence-electron chi connectivity index (χ3n) is 6.41. The molecule has 3 fully saturated rings. The zero-order valence-electron chi connectivity index (χ0n) is 18.1. The van der Waals surface area contributed by atoms with Crippen molar-refractivity contribution in [1.82, 2.24) is 4.90 Å². The molecule has 5 rings (SSSR count). The Hall–Kier alpha value is -1.80. The van der Waals surface area contributed by atoms with Gasteiger partial charge in [-0.1, -0.05) is 60.7 Å². The highest BCUT2D eigenvalue weighted by Crippen LogP contribution is 2.42. The van der Waals surface area contributed by atoms with E-state index in [0.717, 1.165) is 18.7 Å². The van der Waals surface area contributed by atoms with Crippen LogP contribution in [0.5, 0.6) is 0 Å². The number of aliphatic hydroxyl groups excluding tert-OH is 1. The third kappa shape index (κ3) is 4.42. The van der Waals surface area contributed by atoms with Gasteiger partial charge in [-0.3, -0.25) is 4.90 Å². The van der Waals surface area contributed by atoms with Crippen LogP contribution in [0.15, 0.2) is 60.7 Å². The molecule has 6 atom stereocenters. The van der Waals surface area contributed by atoms with Crippen molar-refractivity contribution in [1.29, 1.82) is 0 Å². The number of rotatable bonds is 6. The van der Waals surface area contributed by atoms with E-state index in [2.05, 4.69) is 17.0 Å². The van der Waals surface area contributed by atoms with E-state index in [1.165, 1.54) is 5.56 Å². The van der Waals surface area contributed by atoms with Gasteiger partial charge < -0.3 is 24.1 Å². The molecule has 0 saturated carbocycles. The second kappa shape index (κ2) is 8.62. The monoisotopic (exact) mass is 425 g/mol. The lowest BCUT2D eigenvalue weighted by atomic mass is 9.98. The second-order valence-electron chi connectivity index (χ2n) is 9.13. The van der Waals surface area contributed by atoms with E-state index >= 15 is 0 Å². The van der Waals surface area contributed by atoms with Crippen molar-refractivity contribution in [3.63, 3.8) is 0 Å². The lowest BCUT2D eigenvalue weighted by Crippen LogP contribution is -2.51. The molecular weight excluding hydrogens is 394 g/mol. The number of ether oxygens (including phenoxy) is 4. The van der Waals surface area contributed by atoms with Crippen molar-refractivity contribution < 1.29 is 24.1 Å². The molecule has 0 spiro atoms. The molecule has 0 unspecified atom stereocenters. The highest BCUT2D eigenvalue weighted by Gasteiger charge is 2.59. The average molecular weight is 426 g/mol. The predicted molar refractivity (Wildman–Crippen MR) is 115 cm³/mol. The average Bonchev–Trinajstić information content (AvgIpc) is 3.37. The highest BCUT2D eigenvalue weighted by molar-refractivity contribution is 5.16. The summed E-state index contributed by atoms with van der Waals surface area (Å²) in [7, 11) is 0. The topological polar surface area (TPSA) is 60.4 Å². The van der Waals surface area contributed by atoms with Crippen LogP contribution in [0.4, 0.5) is 0 Å². The van der Waals surface area contributed by atoms with Crippen LogP contribution in [0.1, 0.15) is 31.4 Å². The molecule has 0 amide bonds. The van der Waals surface area contributed by atoms with Gasteiger partial charge in [0.2, 0.25) is 0 Å². The van der Waals surface area contributed by atoms with Crippen LogP contribution >= 0.6 is 0 Å². The van der Waals surface area contributed by atoms with Gasteiger partial charge in [0.15, 0.2) is 12.1 Å². The molecule has 0 aliphatic carbocycles. The predicted octanol–water partition coefficient (Wildman–Crippen LogP) is 3.08. The molecule has 3 aliphatic rings. The van der Waals surface area contributed by atoms with E-state index in [1.807, 2.05) is 62.4 Å². The Bertz CT molecular complexity index is 861. The lowest BCUT2D eigenvalue weighted by molar-refractivity contribution is -0.228. The highest BCUT2D eigenvalue weighted by atomic mass is 16.8. The number of likely N-dealkylation sites (tertiary alicyclic amines) is 1.